The standard InChI is InChI=1S/C14H21BrN2O/c1-2-18-14(11-5-6-11)13(17-16)9-10-3-7-12(15)8-4-10/h3-4,7-8,11,13-14,17H,2,5-6,9,16H2,1H3. The molecular formula is C14H21BrN2O. The molecule has 1 aliphatic carbocycles. The van der Waals surface area contributed by atoms with Gasteiger partial charge in [-0.25, -0.2) is 0 Å². The summed E-state index contributed by atoms with van der Waals surface area (Å²) in [6, 6.07) is 8.58. The second-order valence-electron chi connectivity index (χ2n) is 4.86. The summed E-state index contributed by atoms with van der Waals surface area (Å²) in [6.07, 6.45) is 3.68. The van der Waals surface area contributed by atoms with E-state index in [0.29, 0.717) is 5.92 Å². The van der Waals surface area contributed by atoms with E-state index in [1.54, 1.807) is 0 Å². The smallest absolute Gasteiger partial charge is 0.0772 e. The van der Waals surface area contributed by atoms with Crippen LogP contribution in [0.4, 0.5) is 0 Å². The molecule has 0 bridgehead atoms. The average molecular weight is 313 g/mol. The van der Waals surface area contributed by atoms with Gasteiger partial charge in [0.25, 0.3) is 0 Å². The minimum atomic E-state index is 0.193. The largest absolute Gasteiger partial charge is 0.377 e. The van der Waals surface area contributed by atoms with Gasteiger partial charge in [-0.2, -0.15) is 0 Å². The van der Waals surface area contributed by atoms with Gasteiger partial charge in [-0.3, -0.25) is 11.3 Å². The molecule has 0 aliphatic heterocycles. The van der Waals surface area contributed by atoms with Gasteiger partial charge in [-0.15, -0.1) is 0 Å². The first-order chi connectivity index (χ1) is 8.74. The summed E-state index contributed by atoms with van der Waals surface area (Å²) in [7, 11) is 0. The van der Waals surface area contributed by atoms with Crippen molar-refractivity contribution in [2.45, 2.75) is 38.3 Å². The first kappa shape index (κ1) is 14.0. The lowest BCUT2D eigenvalue weighted by Gasteiger charge is -2.26. The number of hydrogen-bond donors (Lipinski definition) is 2. The highest BCUT2D eigenvalue weighted by Crippen LogP contribution is 2.36. The zero-order valence-corrected chi connectivity index (χ0v) is 12.3. The lowest BCUT2D eigenvalue weighted by molar-refractivity contribution is 0.0192. The predicted octanol–water partition coefficient (Wildman–Crippen LogP) is 2.64. The van der Waals surface area contributed by atoms with Crippen LogP contribution in [-0.4, -0.2) is 18.8 Å². The minimum Gasteiger partial charge on any atom is -0.377 e. The van der Waals surface area contributed by atoms with Gasteiger partial charge in [0.05, 0.1) is 12.1 Å². The Kier molecular flexibility index (Phi) is 5.18. The molecule has 0 radical (unpaired) electrons. The molecule has 1 saturated carbocycles. The molecule has 0 amide bonds. The number of ether oxygens (including phenoxy) is 1. The summed E-state index contributed by atoms with van der Waals surface area (Å²) >= 11 is 3.45. The third-order valence-electron chi connectivity index (χ3n) is 3.43. The summed E-state index contributed by atoms with van der Waals surface area (Å²) in [5.74, 6) is 6.39. The maximum Gasteiger partial charge on any atom is 0.0772 e. The second kappa shape index (κ2) is 6.66. The van der Waals surface area contributed by atoms with Crippen LogP contribution in [-0.2, 0) is 11.2 Å². The Labute approximate surface area is 117 Å². The molecule has 1 aromatic rings. The molecule has 1 aliphatic rings. The van der Waals surface area contributed by atoms with Gasteiger partial charge in [0.1, 0.15) is 0 Å². The zero-order chi connectivity index (χ0) is 13.0. The Morgan fingerprint density at radius 3 is 2.56 bits per heavy atom. The SMILES string of the molecule is CCOC(C1CC1)C(Cc1ccc(Br)cc1)NN. The summed E-state index contributed by atoms with van der Waals surface area (Å²) in [4.78, 5) is 0. The minimum absolute atomic E-state index is 0.193. The van der Waals surface area contributed by atoms with E-state index in [0.717, 1.165) is 17.5 Å². The Bertz CT molecular complexity index is 365. The molecule has 3 N–H and O–H groups in total. The van der Waals surface area contributed by atoms with Crippen molar-refractivity contribution < 1.29 is 4.74 Å². The van der Waals surface area contributed by atoms with Crippen molar-refractivity contribution in [2.75, 3.05) is 6.61 Å². The molecule has 18 heavy (non-hydrogen) atoms. The topological polar surface area (TPSA) is 47.3 Å². The van der Waals surface area contributed by atoms with E-state index >= 15 is 0 Å². The normalized spacial score (nSPS) is 18.6. The molecule has 4 heteroatoms. The second-order valence-corrected chi connectivity index (χ2v) is 5.78. The van der Waals surface area contributed by atoms with Crippen molar-refractivity contribution in [1.82, 2.24) is 5.43 Å². The molecule has 0 spiro atoms. The van der Waals surface area contributed by atoms with E-state index < -0.39 is 0 Å². The van der Waals surface area contributed by atoms with Gasteiger partial charge in [0.15, 0.2) is 0 Å². The zero-order valence-electron chi connectivity index (χ0n) is 10.7. The molecule has 0 saturated heterocycles. The molecule has 2 atom stereocenters. The van der Waals surface area contributed by atoms with Gasteiger partial charge in [-0.05, 0) is 49.8 Å². The maximum absolute atomic E-state index is 5.86. The van der Waals surface area contributed by atoms with Crippen molar-refractivity contribution in [3.8, 4) is 0 Å². The molecule has 2 unspecified atom stereocenters. The Morgan fingerprint density at radius 2 is 2.06 bits per heavy atom. The van der Waals surface area contributed by atoms with E-state index in [1.165, 1.54) is 18.4 Å². The van der Waals surface area contributed by atoms with E-state index in [-0.39, 0.29) is 12.1 Å². The van der Waals surface area contributed by atoms with Crippen LogP contribution in [0, 0.1) is 5.92 Å². The highest BCUT2D eigenvalue weighted by molar-refractivity contribution is 9.10. The van der Waals surface area contributed by atoms with E-state index in [1.807, 2.05) is 6.92 Å². The summed E-state index contributed by atoms with van der Waals surface area (Å²) in [6.45, 7) is 2.79. The highest BCUT2D eigenvalue weighted by atomic mass is 79.9. The third kappa shape index (κ3) is 3.79. The van der Waals surface area contributed by atoms with Crippen molar-refractivity contribution in [3.05, 3.63) is 34.3 Å². The fourth-order valence-electron chi connectivity index (χ4n) is 2.34. The predicted molar refractivity (Wildman–Crippen MR) is 77.1 cm³/mol. The van der Waals surface area contributed by atoms with E-state index in [9.17, 15) is 0 Å². The van der Waals surface area contributed by atoms with Crippen molar-refractivity contribution in [2.24, 2.45) is 11.8 Å². The monoisotopic (exact) mass is 312 g/mol. The third-order valence-corrected chi connectivity index (χ3v) is 3.95. The molecular weight excluding hydrogens is 292 g/mol. The van der Waals surface area contributed by atoms with Gasteiger partial charge in [0, 0.05) is 11.1 Å². The number of benzene rings is 1. The van der Waals surface area contributed by atoms with Crippen LogP contribution in [0.5, 0.6) is 0 Å². The number of rotatable bonds is 7. The number of nitrogens with two attached hydrogens (primary N) is 1. The van der Waals surface area contributed by atoms with Gasteiger partial charge >= 0.3 is 0 Å². The molecule has 2 rings (SSSR count). The van der Waals surface area contributed by atoms with Crippen LogP contribution in [0.15, 0.2) is 28.7 Å². The van der Waals surface area contributed by atoms with Gasteiger partial charge in [-0.1, -0.05) is 28.1 Å². The molecule has 1 fully saturated rings. The fraction of sp³-hybridized carbons (Fsp3) is 0.571. The van der Waals surface area contributed by atoms with Crippen LogP contribution in [0.25, 0.3) is 0 Å². The summed E-state index contributed by atoms with van der Waals surface area (Å²) in [5, 5.41) is 0. The number of hydrogen-bond acceptors (Lipinski definition) is 3. The van der Waals surface area contributed by atoms with Gasteiger partial charge in [0.2, 0.25) is 0 Å². The first-order valence-corrected chi connectivity index (χ1v) is 7.36. The van der Waals surface area contributed by atoms with Crippen LogP contribution < -0.4 is 11.3 Å². The quantitative estimate of drug-likeness (QED) is 0.601. The summed E-state index contributed by atoms with van der Waals surface area (Å²) in [5.41, 5.74) is 4.22. The molecule has 1 aromatic carbocycles. The fourth-order valence-corrected chi connectivity index (χ4v) is 2.61. The van der Waals surface area contributed by atoms with Crippen LogP contribution in [0.3, 0.4) is 0 Å². The molecule has 100 valence electrons. The molecule has 0 aromatic heterocycles. The molecule has 0 heterocycles. The van der Waals surface area contributed by atoms with Crippen LogP contribution >= 0.6 is 15.9 Å². The van der Waals surface area contributed by atoms with Crippen LogP contribution in [0.2, 0.25) is 0 Å². The first-order valence-electron chi connectivity index (χ1n) is 6.56. The summed E-state index contributed by atoms with van der Waals surface area (Å²) < 4.78 is 6.97. The lowest BCUT2D eigenvalue weighted by atomic mass is 9.99. The Morgan fingerprint density at radius 1 is 1.39 bits per heavy atom. The Balaban J connectivity index is 2.00. The number of halogens is 1. The molecule has 3 nitrogen and oxygen atoms in total. The van der Waals surface area contributed by atoms with E-state index in [2.05, 4.69) is 45.6 Å². The van der Waals surface area contributed by atoms with E-state index in [4.69, 9.17) is 10.6 Å². The highest BCUT2D eigenvalue weighted by Gasteiger charge is 2.36. The van der Waals surface area contributed by atoms with Crippen molar-refractivity contribution >= 4 is 15.9 Å². The van der Waals surface area contributed by atoms with Crippen molar-refractivity contribution in [1.29, 1.82) is 0 Å². The van der Waals surface area contributed by atoms with Gasteiger partial charge < -0.3 is 4.74 Å². The van der Waals surface area contributed by atoms with Crippen molar-refractivity contribution in [3.63, 3.8) is 0 Å². The maximum atomic E-state index is 5.86. The van der Waals surface area contributed by atoms with Crippen LogP contribution in [0.1, 0.15) is 25.3 Å². The lowest BCUT2D eigenvalue weighted by Crippen LogP contribution is -2.47. The average Bonchev–Trinajstić information content (AvgIpc) is 3.20. The Hall–Kier alpha value is -0.420. The number of nitrogens with one attached hydrogen (secondary N) is 1. The number of hydrazine groups is 1.